The number of alkyl halides is 6. The van der Waals surface area contributed by atoms with Gasteiger partial charge in [-0.25, -0.2) is 19.7 Å². The number of primary amides is 1. The number of anilines is 1. The maximum absolute atomic E-state index is 13.0. The van der Waals surface area contributed by atoms with Crippen molar-refractivity contribution >= 4 is 23.3 Å². The van der Waals surface area contributed by atoms with E-state index in [1.807, 2.05) is 0 Å². The summed E-state index contributed by atoms with van der Waals surface area (Å²) in [5.74, 6) is -2.16. The lowest BCUT2D eigenvalue weighted by molar-refractivity contribution is -0.144. The molecule has 37 heavy (non-hydrogen) atoms. The molecule has 9 nitrogen and oxygen atoms in total. The summed E-state index contributed by atoms with van der Waals surface area (Å²) in [5.41, 5.74) is 6.66. The second-order valence-corrected chi connectivity index (χ2v) is 7.64. The van der Waals surface area contributed by atoms with E-state index < -0.39 is 36.7 Å². The Bertz CT molecular complexity index is 1500. The first-order valence-electron chi connectivity index (χ1n) is 10.2. The van der Waals surface area contributed by atoms with Crippen LogP contribution in [0.3, 0.4) is 0 Å². The van der Waals surface area contributed by atoms with E-state index in [-0.39, 0.29) is 16.9 Å². The fourth-order valence-electron chi connectivity index (χ4n) is 3.36. The number of rotatable bonds is 5. The molecule has 0 aliphatic heterocycles. The van der Waals surface area contributed by atoms with Gasteiger partial charge in [0.2, 0.25) is 11.7 Å². The highest BCUT2D eigenvalue weighted by atomic mass is 19.4. The van der Waals surface area contributed by atoms with E-state index in [9.17, 15) is 35.9 Å². The van der Waals surface area contributed by atoms with Crippen molar-refractivity contribution in [2.24, 2.45) is 5.73 Å². The van der Waals surface area contributed by atoms with Crippen LogP contribution in [-0.4, -0.2) is 44.0 Å². The highest BCUT2D eigenvalue weighted by Gasteiger charge is 2.34. The Labute approximate surface area is 203 Å². The molecular weight excluding hydrogens is 508 g/mol. The van der Waals surface area contributed by atoms with E-state index in [4.69, 9.17) is 5.73 Å². The number of nitrogens with zero attached hydrogens (tertiary/aromatic N) is 4. The van der Waals surface area contributed by atoms with Crippen molar-refractivity contribution in [3.63, 3.8) is 0 Å². The summed E-state index contributed by atoms with van der Waals surface area (Å²) in [4.78, 5) is 34.7. The molecule has 0 unspecified atom stereocenters. The van der Waals surface area contributed by atoms with Gasteiger partial charge in [0.1, 0.15) is 12.2 Å². The number of nitrogens with two attached hydrogens (primary N) is 1. The lowest BCUT2D eigenvalue weighted by Gasteiger charge is -2.12. The predicted molar refractivity (Wildman–Crippen MR) is 118 cm³/mol. The van der Waals surface area contributed by atoms with Crippen LogP contribution in [0.1, 0.15) is 16.2 Å². The van der Waals surface area contributed by atoms with Gasteiger partial charge in [-0.1, -0.05) is 0 Å². The number of pyridine rings is 1. The van der Waals surface area contributed by atoms with Crippen molar-refractivity contribution in [3.05, 3.63) is 66.4 Å². The van der Waals surface area contributed by atoms with E-state index in [1.165, 1.54) is 48.8 Å². The molecule has 3 amide bonds. The molecule has 4 rings (SSSR count). The Balaban J connectivity index is 1.68. The fraction of sp³-hybridized carbons (Fsp3) is 0.136. The number of halogens is 6. The van der Waals surface area contributed by atoms with E-state index in [2.05, 4.69) is 20.3 Å². The number of carbonyl (C=O) groups excluding carboxylic acids is 2. The van der Waals surface area contributed by atoms with Gasteiger partial charge >= 0.3 is 18.4 Å². The van der Waals surface area contributed by atoms with Gasteiger partial charge in [-0.2, -0.15) is 26.3 Å². The molecule has 0 fully saturated rings. The van der Waals surface area contributed by atoms with Crippen molar-refractivity contribution in [1.29, 1.82) is 0 Å². The van der Waals surface area contributed by atoms with E-state index in [0.29, 0.717) is 22.5 Å². The van der Waals surface area contributed by atoms with Crippen LogP contribution >= 0.6 is 0 Å². The Morgan fingerprint density at radius 2 is 1.73 bits per heavy atom. The van der Waals surface area contributed by atoms with Gasteiger partial charge in [0.15, 0.2) is 0 Å². The molecular formula is C22H15F6N7O2. The van der Waals surface area contributed by atoms with Gasteiger partial charge in [-0.15, -0.1) is 0 Å². The summed E-state index contributed by atoms with van der Waals surface area (Å²) in [6, 6.07) is 7.08. The highest BCUT2D eigenvalue weighted by molar-refractivity contribution is 5.97. The number of benzene rings is 1. The maximum Gasteiger partial charge on any atom is 0.451 e. The molecule has 0 spiro atoms. The number of urea groups is 1. The number of carbonyl (C=O) groups is 2. The first-order valence-corrected chi connectivity index (χ1v) is 10.2. The third kappa shape index (κ3) is 5.94. The van der Waals surface area contributed by atoms with Crippen LogP contribution in [0, 0.1) is 0 Å². The summed E-state index contributed by atoms with van der Waals surface area (Å²) in [6.45, 7) is -1.56. The van der Waals surface area contributed by atoms with Gasteiger partial charge in [0.25, 0.3) is 0 Å². The number of aromatic nitrogens is 4. The lowest BCUT2D eigenvalue weighted by atomic mass is 10.1. The average Bonchev–Trinajstić information content (AvgIpc) is 3.25. The van der Waals surface area contributed by atoms with Crippen LogP contribution < -0.4 is 16.4 Å². The first-order chi connectivity index (χ1) is 17.3. The zero-order chi connectivity index (χ0) is 27.0. The summed E-state index contributed by atoms with van der Waals surface area (Å²) in [6.07, 6.45) is -5.45. The minimum absolute atomic E-state index is 0.0152. The van der Waals surface area contributed by atoms with Crippen LogP contribution in [0.4, 0.5) is 36.8 Å². The standard InChI is InChI=1S/C22H15F6N7O2/c23-21(24,25)10-32-20(37)33-14-6-12(5-13(7-14)18(29)36)16-9-31-17-8-11(2-4-35(16)17)15-1-3-30-19(34-15)22(26,27)28/h1-9H,10H2,(H2,29,36)(H2,32,33,37). The fourth-order valence-corrected chi connectivity index (χ4v) is 3.36. The Kier molecular flexibility index (Phi) is 6.46. The number of hydrogen-bond acceptors (Lipinski definition) is 5. The normalized spacial score (nSPS) is 11.9. The van der Waals surface area contributed by atoms with Gasteiger partial charge in [0, 0.05) is 34.8 Å². The van der Waals surface area contributed by atoms with Crippen LogP contribution in [-0.2, 0) is 6.18 Å². The summed E-state index contributed by atoms with van der Waals surface area (Å²) in [5, 5.41) is 3.86. The Hall–Kier alpha value is -4.69. The molecule has 0 saturated carbocycles. The molecule has 0 aliphatic carbocycles. The number of hydrogen-bond donors (Lipinski definition) is 3. The number of imidazole rings is 1. The smallest absolute Gasteiger partial charge is 0.366 e. The summed E-state index contributed by atoms with van der Waals surface area (Å²) >= 11 is 0. The van der Waals surface area contributed by atoms with Gasteiger partial charge in [0.05, 0.1) is 17.6 Å². The Morgan fingerprint density at radius 3 is 2.41 bits per heavy atom. The topological polar surface area (TPSA) is 127 Å². The largest absolute Gasteiger partial charge is 0.451 e. The van der Waals surface area contributed by atoms with Crippen molar-refractivity contribution < 1.29 is 35.9 Å². The minimum atomic E-state index is -4.72. The van der Waals surface area contributed by atoms with Crippen molar-refractivity contribution in [1.82, 2.24) is 24.7 Å². The summed E-state index contributed by atoms with van der Waals surface area (Å²) in [7, 11) is 0. The zero-order valence-corrected chi connectivity index (χ0v) is 18.4. The molecule has 192 valence electrons. The maximum atomic E-state index is 13.0. The van der Waals surface area contributed by atoms with Gasteiger partial charge in [-0.05, 0) is 36.4 Å². The van der Waals surface area contributed by atoms with Crippen LogP contribution in [0.5, 0.6) is 0 Å². The molecule has 3 heterocycles. The van der Waals surface area contributed by atoms with Crippen molar-refractivity contribution in [2.75, 3.05) is 11.9 Å². The van der Waals surface area contributed by atoms with Crippen LogP contribution in [0.15, 0.2) is 55.0 Å². The molecule has 1 aromatic carbocycles. The molecule has 3 aromatic heterocycles. The SMILES string of the molecule is NC(=O)c1cc(NC(=O)NCC(F)(F)F)cc(-c2cnc3cc(-c4ccnc(C(F)(F)F)n4)ccn23)c1. The zero-order valence-electron chi connectivity index (χ0n) is 18.4. The molecule has 0 bridgehead atoms. The highest BCUT2D eigenvalue weighted by Crippen LogP contribution is 2.30. The minimum Gasteiger partial charge on any atom is -0.366 e. The lowest BCUT2D eigenvalue weighted by Crippen LogP contribution is -2.36. The first kappa shape index (κ1) is 25.4. The molecule has 0 aliphatic rings. The van der Waals surface area contributed by atoms with Crippen molar-refractivity contribution in [2.45, 2.75) is 12.4 Å². The Morgan fingerprint density at radius 1 is 0.973 bits per heavy atom. The second-order valence-electron chi connectivity index (χ2n) is 7.64. The van der Waals surface area contributed by atoms with Gasteiger partial charge in [-0.3, -0.25) is 9.20 Å². The molecule has 15 heteroatoms. The van der Waals surface area contributed by atoms with E-state index in [1.54, 1.807) is 9.72 Å². The van der Waals surface area contributed by atoms with Crippen molar-refractivity contribution in [3.8, 4) is 22.5 Å². The average molecular weight is 523 g/mol. The third-order valence-corrected chi connectivity index (χ3v) is 4.94. The molecule has 0 saturated heterocycles. The predicted octanol–water partition coefficient (Wildman–Crippen LogP) is 4.26. The number of nitrogens with one attached hydrogen (secondary N) is 2. The molecule has 0 atom stereocenters. The summed E-state index contributed by atoms with van der Waals surface area (Å²) < 4.78 is 77.5. The number of amides is 3. The molecule has 0 radical (unpaired) electrons. The monoisotopic (exact) mass is 523 g/mol. The molecule has 4 aromatic rings. The van der Waals surface area contributed by atoms with E-state index in [0.717, 1.165) is 6.20 Å². The second kappa shape index (κ2) is 9.40. The van der Waals surface area contributed by atoms with E-state index >= 15 is 0 Å². The van der Waals surface area contributed by atoms with Crippen LogP contribution in [0.25, 0.3) is 28.2 Å². The van der Waals surface area contributed by atoms with Crippen LogP contribution in [0.2, 0.25) is 0 Å². The van der Waals surface area contributed by atoms with Gasteiger partial charge < -0.3 is 16.4 Å². The third-order valence-electron chi connectivity index (χ3n) is 4.94. The number of fused-ring (bicyclic) bond motifs is 1. The quantitative estimate of drug-likeness (QED) is 0.337. The molecule has 4 N–H and O–H groups in total.